The highest BCUT2D eigenvalue weighted by atomic mass is 35.5. The van der Waals surface area contributed by atoms with E-state index < -0.39 is 5.97 Å². The molecule has 0 fully saturated rings. The molecule has 4 aromatic rings. The zero-order valence-corrected chi connectivity index (χ0v) is 18.4. The Morgan fingerprint density at radius 2 is 2.03 bits per heavy atom. The number of imidazole rings is 1. The van der Waals surface area contributed by atoms with E-state index in [2.05, 4.69) is 16.4 Å². The number of hydrogen-bond acceptors (Lipinski definition) is 6. The van der Waals surface area contributed by atoms with Gasteiger partial charge in [0.25, 0.3) is 5.56 Å². The van der Waals surface area contributed by atoms with E-state index >= 15 is 0 Å². The van der Waals surface area contributed by atoms with Crippen molar-refractivity contribution in [2.75, 3.05) is 5.32 Å². The van der Waals surface area contributed by atoms with Crippen LogP contribution < -0.4 is 16.1 Å². The van der Waals surface area contributed by atoms with Crippen molar-refractivity contribution in [3.63, 3.8) is 0 Å². The number of nitrogens with one attached hydrogen (secondary N) is 1. The molecule has 0 aliphatic heterocycles. The van der Waals surface area contributed by atoms with Gasteiger partial charge >= 0.3 is 5.97 Å². The molecule has 0 amide bonds. The molecule has 160 valence electrons. The molecule has 4 rings (SSSR count). The number of hydrogen-bond donors (Lipinski definition) is 1. The number of nitrogens with zero attached hydrogens (tertiary/aromatic N) is 3. The second-order valence-corrected chi connectivity index (χ2v) is 7.93. The number of anilines is 1. The SMILES string of the molecule is Cc1c(C#N)c2nc3ccccc3n2c(=O)/c1=C\Nc1ccc(Cl)c(C(=O)OC(C)C)c1. The zero-order valence-electron chi connectivity index (χ0n) is 17.6. The van der Waals surface area contributed by atoms with E-state index in [4.69, 9.17) is 16.3 Å². The smallest absolute Gasteiger partial charge is 0.339 e. The Hall–Kier alpha value is -3.89. The van der Waals surface area contributed by atoms with Crippen LogP contribution in [0.1, 0.15) is 35.3 Å². The van der Waals surface area contributed by atoms with Gasteiger partial charge in [0.2, 0.25) is 0 Å². The second kappa shape index (κ2) is 8.33. The third-order valence-electron chi connectivity index (χ3n) is 5.02. The van der Waals surface area contributed by atoms with Crippen LogP contribution in [0, 0.1) is 18.3 Å². The molecule has 2 aromatic carbocycles. The summed E-state index contributed by atoms with van der Waals surface area (Å²) < 4.78 is 6.67. The Morgan fingerprint density at radius 1 is 1.28 bits per heavy atom. The fraction of sp³-hybridized carbons (Fsp3) is 0.167. The van der Waals surface area contributed by atoms with Crippen molar-refractivity contribution < 1.29 is 9.53 Å². The Morgan fingerprint density at radius 3 is 2.75 bits per heavy atom. The lowest BCUT2D eigenvalue weighted by Crippen LogP contribution is -2.34. The number of pyridine rings is 1. The van der Waals surface area contributed by atoms with Crippen molar-refractivity contribution in [3.05, 3.63) is 79.8 Å². The standard InChI is InChI=1S/C24H19ClN4O3/c1-13(2)32-24(31)16-10-15(8-9-19(16)25)27-12-18-14(3)17(11-26)22-28-20-6-4-5-7-21(20)29(22)23(18)30/h4-10,12-13,27H,1-3H3/b18-12-. The molecule has 2 aromatic heterocycles. The van der Waals surface area contributed by atoms with E-state index in [9.17, 15) is 14.9 Å². The highest BCUT2D eigenvalue weighted by Crippen LogP contribution is 2.22. The summed E-state index contributed by atoms with van der Waals surface area (Å²) in [5.41, 5.74) is 2.89. The molecule has 0 saturated heterocycles. The molecule has 0 atom stereocenters. The average Bonchev–Trinajstić information content (AvgIpc) is 3.14. The first kappa shape index (κ1) is 21.3. The van der Waals surface area contributed by atoms with Crippen LogP contribution in [0.3, 0.4) is 0 Å². The van der Waals surface area contributed by atoms with Crippen LogP contribution in [0.5, 0.6) is 0 Å². The number of rotatable bonds is 4. The highest BCUT2D eigenvalue weighted by Gasteiger charge is 2.17. The summed E-state index contributed by atoms with van der Waals surface area (Å²) in [4.78, 5) is 30.1. The van der Waals surface area contributed by atoms with Gasteiger partial charge in [-0.3, -0.25) is 9.20 Å². The van der Waals surface area contributed by atoms with Crippen molar-refractivity contribution >= 4 is 46.1 Å². The largest absolute Gasteiger partial charge is 0.459 e. The van der Waals surface area contributed by atoms with Crippen LogP contribution >= 0.6 is 11.6 Å². The van der Waals surface area contributed by atoms with Gasteiger partial charge in [-0.25, -0.2) is 9.78 Å². The van der Waals surface area contributed by atoms with Crippen molar-refractivity contribution in [3.8, 4) is 6.07 Å². The molecule has 0 saturated carbocycles. The summed E-state index contributed by atoms with van der Waals surface area (Å²) in [7, 11) is 0. The molecule has 7 nitrogen and oxygen atoms in total. The van der Waals surface area contributed by atoms with Crippen LogP contribution in [0.4, 0.5) is 5.69 Å². The Kier molecular flexibility index (Phi) is 5.56. The number of aromatic nitrogens is 2. The molecule has 0 bridgehead atoms. The normalized spacial score (nSPS) is 11.8. The molecular weight excluding hydrogens is 428 g/mol. The van der Waals surface area contributed by atoms with Gasteiger partial charge in [-0.15, -0.1) is 0 Å². The lowest BCUT2D eigenvalue weighted by molar-refractivity contribution is 0.0378. The number of ether oxygens (including phenoxy) is 1. The first-order valence-corrected chi connectivity index (χ1v) is 10.3. The molecule has 8 heteroatoms. The third kappa shape index (κ3) is 3.66. The fourth-order valence-electron chi connectivity index (χ4n) is 3.49. The van der Waals surface area contributed by atoms with Crippen molar-refractivity contribution in [2.24, 2.45) is 0 Å². The minimum absolute atomic E-state index is 0.214. The van der Waals surface area contributed by atoms with Gasteiger partial charge in [-0.2, -0.15) is 5.26 Å². The number of carbonyl (C=O) groups excluding carboxylic acids is 1. The quantitative estimate of drug-likeness (QED) is 0.479. The molecule has 0 aliphatic carbocycles. The van der Waals surface area contributed by atoms with Gasteiger partial charge in [-0.1, -0.05) is 23.7 Å². The molecule has 0 spiro atoms. The zero-order chi connectivity index (χ0) is 23.0. The topological polar surface area (TPSA) is 96.5 Å². The van der Waals surface area contributed by atoms with Crippen molar-refractivity contribution in [1.82, 2.24) is 9.38 Å². The predicted octanol–water partition coefficient (Wildman–Crippen LogP) is 3.82. The lowest BCUT2D eigenvalue weighted by Gasteiger charge is -2.10. The van der Waals surface area contributed by atoms with Crippen molar-refractivity contribution in [2.45, 2.75) is 26.9 Å². The average molecular weight is 447 g/mol. The van der Waals surface area contributed by atoms with Crippen LogP contribution in [0.25, 0.3) is 22.9 Å². The summed E-state index contributed by atoms with van der Waals surface area (Å²) in [5, 5.41) is 13.4. The Bertz CT molecular complexity index is 1530. The van der Waals surface area contributed by atoms with E-state index in [1.165, 1.54) is 10.6 Å². The van der Waals surface area contributed by atoms with E-state index in [1.807, 2.05) is 12.1 Å². The third-order valence-corrected chi connectivity index (χ3v) is 5.35. The molecule has 0 radical (unpaired) electrons. The number of nitriles is 1. The summed E-state index contributed by atoms with van der Waals surface area (Å²) in [6, 6.07) is 14.2. The molecule has 0 aliphatic rings. The van der Waals surface area contributed by atoms with Crippen molar-refractivity contribution in [1.29, 1.82) is 5.26 Å². The summed E-state index contributed by atoms with van der Waals surface area (Å²) in [5.74, 6) is -0.535. The number of fused-ring (bicyclic) bond motifs is 3. The number of carbonyl (C=O) groups is 1. The predicted molar refractivity (Wildman–Crippen MR) is 124 cm³/mol. The molecule has 1 N–H and O–H groups in total. The van der Waals surface area contributed by atoms with Gasteiger partial charge in [-0.05, 0) is 56.7 Å². The fourth-order valence-corrected chi connectivity index (χ4v) is 3.69. The van der Waals surface area contributed by atoms with Gasteiger partial charge in [0.15, 0.2) is 5.65 Å². The van der Waals surface area contributed by atoms with Crippen LogP contribution in [-0.2, 0) is 4.74 Å². The summed E-state index contributed by atoms with van der Waals surface area (Å²) in [6.45, 7) is 5.21. The lowest BCUT2D eigenvalue weighted by atomic mass is 10.1. The van der Waals surface area contributed by atoms with E-state index in [-0.39, 0.29) is 22.2 Å². The van der Waals surface area contributed by atoms with E-state index in [1.54, 1.807) is 51.1 Å². The first-order valence-electron chi connectivity index (χ1n) is 9.93. The number of para-hydroxylation sites is 2. The molecule has 2 heterocycles. The maximum atomic E-state index is 13.3. The van der Waals surface area contributed by atoms with Crippen LogP contribution in [0.2, 0.25) is 5.02 Å². The van der Waals surface area contributed by atoms with E-state index in [0.717, 1.165) is 0 Å². The summed E-state index contributed by atoms with van der Waals surface area (Å²) >= 11 is 6.15. The maximum Gasteiger partial charge on any atom is 0.339 e. The van der Waals surface area contributed by atoms with Gasteiger partial charge in [0.05, 0.1) is 38.5 Å². The minimum atomic E-state index is -0.535. The monoisotopic (exact) mass is 446 g/mol. The number of esters is 1. The Labute approximate surface area is 188 Å². The number of benzene rings is 2. The second-order valence-electron chi connectivity index (χ2n) is 7.53. The number of halogens is 1. The Balaban J connectivity index is 1.85. The van der Waals surface area contributed by atoms with Crippen LogP contribution in [0.15, 0.2) is 47.3 Å². The first-order chi connectivity index (χ1) is 15.3. The minimum Gasteiger partial charge on any atom is -0.459 e. The molecule has 0 unspecified atom stereocenters. The van der Waals surface area contributed by atoms with Gasteiger partial charge in [0, 0.05) is 11.9 Å². The molecule has 32 heavy (non-hydrogen) atoms. The summed E-state index contributed by atoms with van der Waals surface area (Å²) in [6.07, 6.45) is 1.24. The molecular formula is C24H19ClN4O3. The van der Waals surface area contributed by atoms with Gasteiger partial charge < -0.3 is 10.1 Å². The highest BCUT2D eigenvalue weighted by molar-refractivity contribution is 6.33. The maximum absolute atomic E-state index is 13.3. The van der Waals surface area contributed by atoms with Gasteiger partial charge in [0.1, 0.15) is 6.07 Å². The van der Waals surface area contributed by atoms with Crippen LogP contribution in [-0.4, -0.2) is 21.5 Å². The van der Waals surface area contributed by atoms with E-state index in [0.29, 0.717) is 38.7 Å².